The number of amides is 1. The smallest absolute Gasteiger partial charge is 0.293 e. The van der Waals surface area contributed by atoms with Crippen LogP contribution in [0.3, 0.4) is 0 Å². The van der Waals surface area contributed by atoms with E-state index in [1.165, 1.54) is 6.33 Å². The summed E-state index contributed by atoms with van der Waals surface area (Å²) >= 11 is 0. The number of carbonyl (C=O) groups excluding carboxylic acids is 1. The van der Waals surface area contributed by atoms with Gasteiger partial charge in [0.15, 0.2) is 0 Å². The van der Waals surface area contributed by atoms with Gasteiger partial charge in [0.1, 0.15) is 23.6 Å². The fraction of sp³-hybridized carbons (Fsp3) is 0.0833. The fourth-order valence-electron chi connectivity index (χ4n) is 2.99. The standard InChI is InChI=1S/C24H19N5O2/c1-15-11-18(6-9-22(15)31-19-7-3-16(2)26-13-19)29-24-20-12-17(5-10-23(25)30)4-8-21(20)27-14-28-24/h3-4,6-9,11-14H,1-2H3,(H2,25,30)(H,27,28,29). The average molecular weight is 409 g/mol. The number of benzene rings is 2. The normalized spacial score (nSPS) is 10.3. The molecule has 0 saturated carbocycles. The Labute approximate surface area is 179 Å². The lowest BCUT2D eigenvalue weighted by Crippen LogP contribution is -2.06. The third kappa shape index (κ3) is 4.77. The minimum Gasteiger partial charge on any atom is -0.455 e. The zero-order chi connectivity index (χ0) is 21.8. The number of primary amides is 1. The van der Waals surface area contributed by atoms with E-state index >= 15 is 0 Å². The Morgan fingerprint density at radius 3 is 2.65 bits per heavy atom. The minimum absolute atomic E-state index is 0.628. The second kappa shape index (κ2) is 8.51. The molecule has 0 atom stereocenters. The molecule has 3 N–H and O–H groups in total. The predicted octanol–water partition coefficient (Wildman–Crippen LogP) is 4.01. The van der Waals surface area contributed by atoms with Gasteiger partial charge in [-0.25, -0.2) is 9.97 Å². The van der Waals surface area contributed by atoms with Crippen molar-refractivity contribution in [1.29, 1.82) is 0 Å². The highest BCUT2D eigenvalue weighted by Crippen LogP contribution is 2.29. The molecule has 0 spiro atoms. The molecule has 7 nitrogen and oxygen atoms in total. The summed E-state index contributed by atoms with van der Waals surface area (Å²) in [7, 11) is 0. The topological polar surface area (TPSA) is 103 Å². The van der Waals surface area contributed by atoms with Gasteiger partial charge in [0.25, 0.3) is 5.91 Å². The molecule has 0 radical (unpaired) electrons. The molecule has 0 saturated heterocycles. The van der Waals surface area contributed by atoms with Gasteiger partial charge < -0.3 is 15.8 Å². The Kier molecular flexibility index (Phi) is 5.45. The summed E-state index contributed by atoms with van der Waals surface area (Å²) in [6.07, 6.45) is 3.20. The fourth-order valence-corrected chi connectivity index (χ4v) is 2.99. The van der Waals surface area contributed by atoms with Crippen LogP contribution in [0, 0.1) is 25.7 Å². The lowest BCUT2D eigenvalue weighted by Gasteiger charge is -2.12. The molecule has 7 heteroatoms. The summed E-state index contributed by atoms with van der Waals surface area (Å²) in [6, 6.07) is 15.0. The monoisotopic (exact) mass is 409 g/mol. The van der Waals surface area contributed by atoms with Crippen molar-refractivity contribution in [3.05, 3.63) is 77.9 Å². The maximum atomic E-state index is 10.9. The molecule has 0 aliphatic rings. The van der Waals surface area contributed by atoms with E-state index in [1.54, 1.807) is 12.3 Å². The van der Waals surface area contributed by atoms with Crippen LogP contribution < -0.4 is 15.8 Å². The molecule has 1 amide bonds. The van der Waals surface area contributed by atoms with E-state index < -0.39 is 5.91 Å². The van der Waals surface area contributed by atoms with Crippen molar-refractivity contribution in [3.8, 4) is 23.3 Å². The molecule has 0 aliphatic heterocycles. The number of aryl methyl sites for hydroxylation is 2. The van der Waals surface area contributed by atoms with Gasteiger partial charge in [0.2, 0.25) is 0 Å². The van der Waals surface area contributed by atoms with E-state index in [4.69, 9.17) is 10.5 Å². The molecular formula is C24H19N5O2. The summed E-state index contributed by atoms with van der Waals surface area (Å²) in [5.74, 6) is 6.46. The van der Waals surface area contributed by atoms with Gasteiger partial charge in [0.05, 0.1) is 11.7 Å². The number of fused-ring (bicyclic) bond motifs is 1. The lowest BCUT2D eigenvalue weighted by atomic mass is 10.1. The largest absolute Gasteiger partial charge is 0.455 e. The van der Waals surface area contributed by atoms with Crippen LogP contribution in [0.1, 0.15) is 16.8 Å². The zero-order valence-corrected chi connectivity index (χ0v) is 17.0. The van der Waals surface area contributed by atoms with Crippen LogP contribution in [0.25, 0.3) is 10.9 Å². The predicted molar refractivity (Wildman–Crippen MR) is 119 cm³/mol. The minimum atomic E-state index is -0.679. The maximum Gasteiger partial charge on any atom is 0.293 e. The van der Waals surface area contributed by atoms with Crippen LogP contribution in [-0.4, -0.2) is 20.9 Å². The summed E-state index contributed by atoms with van der Waals surface area (Å²) in [5, 5.41) is 4.10. The molecule has 2 aromatic carbocycles. The number of nitrogens with two attached hydrogens (primary N) is 1. The maximum absolute atomic E-state index is 10.9. The summed E-state index contributed by atoms with van der Waals surface area (Å²) < 4.78 is 5.93. The van der Waals surface area contributed by atoms with Crippen LogP contribution in [0.2, 0.25) is 0 Å². The third-order valence-corrected chi connectivity index (χ3v) is 4.52. The number of nitrogens with one attached hydrogen (secondary N) is 1. The van der Waals surface area contributed by atoms with Gasteiger partial charge in [-0.15, -0.1) is 0 Å². The van der Waals surface area contributed by atoms with Crippen LogP contribution in [0.5, 0.6) is 11.5 Å². The Morgan fingerprint density at radius 2 is 1.90 bits per heavy atom. The van der Waals surface area contributed by atoms with Gasteiger partial charge in [-0.05, 0) is 73.9 Å². The van der Waals surface area contributed by atoms with E-state index in [0.29, 0.717) is 17.1 Å². The van der Waals surface area contributed by atoms with Crippen molar-refractivity contribution in [2.45, 2.75) is 13.8 Å². The zero-order valence-electron chi connectivity index (χ0n) is 17.0. The Balaban J connectivity index is 1.60. The van der Waals surface area contributed by atoms with Crippen LogP contribution in [0.15, 0.2) is 61.1 Å². The van der Waals surface area contributed by atoms with Crippen LogP contribution in [-0.2, 0) is 4.79 Å². The van der Waals surface area contributed by atoms with Crippen LogP contribution >= 0.6 is 0 Å². The van der Waals surface area contributed by atoms with E-state index in [1.807, 2.05) is 56.3 Å². The Morgan fingerprint density at radius 1 is 1.03 bits per heavy atom. The Hall–Kier alpha value is -4.44. The second-order valence-corrected chi connectivity index (χ2v) is 6.91. The molecule has 2 aromatic heterocycles. The first-order chi connectivity index (χ1) is 15.0. The number of hydrogen-bond acceptors (Lipinski definition) is 6. The quantitative estimate of drug-likeness (QED) is 0.494. The van der Waals surface area contributed by atoms with Gasteiger partial charge in [-0.3, -0.25) is 9.78 Å². The lowest BCUT2D eigenvalue weighted by molar-refractivity contribution is -0.112. The highest BCUT2D eigenvalue weighted by atomic mass is 16.5. The highest BCUT2D eigenvalue weighted by molar-refractivity contribution is 5.94. The van der Waals surface area contributed by atoms with Crippen LogP contribution in [0.4, 0.5) is 11.5 Å². The molecular weight excluding hydrogens is 390 g/mol. The van der Waals surface area contributed by atoms with Crippen molar-refractivity contribution < 1.29 is 9.53 Å². The molecule has 0 fully saturated rings. The number of hydrogen-bond donors (Lipinski definition) is 2. The molecule has 2 heterocycles. The van der Waals surface area contributed by atoms with Crippen molar-refractivity contribution >= 4 is 28.3 Å². The molecule has 4 aromatic rings. The van der Waals surface area contributed by atoms with Crippen molar-refractivity contribution in [3.63, 3.8) is 0 Å². The summed E-state index contributed by atoms with van der Waals surface area (Å²) in [4.78, 5) is 23.8. The number of nitrogens with zero attached hydrogens (tertiary/aromatic N) is 3. The average Bonchev–Trinajstić information content (AvgIpc) is 2.76. The van der Waals surface area contributed by atoms with Crippen molar-refractivity contribution in [2.75, 3.05) is 5.32 Å². The SMILES string of the molecule is Cc1ccc(Oc2ccc(Nc3ncnc4ccc(C#CC(N)=O)cc34)cc2C)cn1. The van der Waals surface area contributed by atoms with Gasteiger partial charge in [0, 0.05) is 22.3 Å². The Bertz CT molecular complexity index is 1340. The number of anilines is 2. The highest BCUT2D eigenvalue weighted by Gasteiger charge is 2.08. The van der Waals surface area contributed by atoms with Gasteiger partial charge >= 0.3 is 0 Å². The van der Waals surface area contributed by atoms with Gasteiger partial charge in [-0.2, -0.15) is 0 Å². The number of pyridine rings is 1. The molecule has 31 heavy (non-hydrogen) atoms. The first-order valence-corrected chi connectivity index (χ1v) is 9.52. The molecule has 0 unspecified atom stereocenters. The number of aromatic nitrogens is 3. The van der Waals surface area contributed by atoms with E-state index in [0.717, 1.165) is 33.6 Å². The van der Waals surface area contributed by atoms with Gasteiger partial charge in [-0.1, -0.05) is 5.92 Å². The first-order valence-electron chi connectivity index (χ1n) is 9.52. The molecule has 0 bridgehead atoms. The first kappa shape index (κ1) is 19.9. The number of ether oxygens (including phenoxy) is 1. The van der Waals surface area contributed by atoms with Crippen molar-refractivity contribution in [2.24, 2.45) is 5.73 Å². The summed E-state index contributed by atoms with van der Waals surface area (Å²) in [5.41, 5.74) is 9.25. The van der Waals surface area contributed by atoms with E-state index in [9.17, 15) is 4.79 Å². The number of carbonyl (C=O) groups is 1. The molecule has 152 valence electrons. The third-order valence-electron chi connectivity index (χ3n) is 4.52. The molecule has 4 rings (SSSR count). The van der Waals surface area contributed by atoms with E-state index in [-0.39, 0.29) is 0 Å². The number of rotatable bonds is 4. The summed E-state index contributed by atoms with van der Waals surface area (Å²) in [6.45, 7) is 3.90. The van der Waals surface area contributed by atoms with E-state index in [2.05, 4.69) is 32.1 Å². The molecule has 0 aliphatic carbocycles. The van der Waals surface area contributed by atoms with Crippen molar-refractivity contribution in [1.82, 2.24) is 15.0 Å². The second-order valence-electron chi connectivity index (χ2n) is 6.91.